The van der Waals surface area contributed by atoms with E-state index in [4.69, 9.17) is 0 Å². The van der Waals surface area contributed by atoms with Gasteiger partial charge in [-0.15, -0.1) is 0 Å². The summed E-state index contributed by atoms with van der Waals surface area (Å²) in [6.07, 6.45) is 2.60. The van der Waals surface area contributed by atoms with Gasteiger partial charge in [0.25, 0.3) is 0 Å². The molecular formula is C23H27N3O2. The Kier molecular flexibility index (Phi) is 5.44. The van der Waals surface area contributed by atoms with Crippen LogP contribution in [0.2, 0.25) is 0 Å². The van der Waals surface area contributed by atoms with Crippen molar-refractivity contribution in [1.29, 1.82) is 0 Å². The van der Waals surface area contributed by atoms with E-state index < -0.39 is 0 Å². The standard InChI is InChI=1S/C23H27N3O2/c1-17-6-4-7-18(14-17)19-8-5-12-25(15-19)23(28)11-13-26-21-10-3-2-9-20(21)24-22(26)16-27/h2-4,6-7,9-10,14,19,27H,5,8,11-13,15-16H2,1H3. The third kappa shape index (κ3) is 3.80. The largest absolute Gasteiger partial charge is 0.388 e. The van der Waals surface area contributed by atoms with Gasteiger partial charge >= 0.3 is 0 Å². The summed E-state index contributed by atoms with van der Waals surface area (Å²) in [5.41, 5.74) is 4.43. The van der Waals surface area contributed by atoms with Crippen LogP contribution in [0.1, 0.15) is 42.1 Å². The van der Waals surface area contributed by atoms with Crippen LogP contribution in [0.5, 0.6) is 0 Å². The molecule has 3 aromatic rings. The first-order valence-corrected chi connectivity index (χ1v) is 10.0. The van der Waals surface area contributed by atoms with E-state index >= 15 is 0 Å². The summed E-state index contributed by atoms with van der Waals surface area (Å²) in [4.78, 5) is 19.4. The molecule has 1 aromatic heterocycles. The maximum absolute atomic E-state index is 12.9. The van der Waals surface area contributed by atoms with Crippen LogP contribution in [-0.4, -0.2) is 38.6 Å². The molecule has 5 heteroatoms. The van der Waals surface area contributed by atoms with Gasteiger partial charge in [0.15, 0.2) is 0 Å². The zero-order valence-corrected chi connectivity index (χ0v) is 16.3. The van der Waals surface area contributed by atoms with Gasteiger partial charge < -0.3 is 14.6 Å². The molecule has 1 fully saturated rings. The second-order valence-electron chi connectivity index (χ2n) is 7.67. The molecule has 146 valence electrons. The summed E-state index contributed by atoms with van der Waals surface area (Å²) >= 11 is 0. The SMILES string of the molecule is Cc1cccc(C2CCCN(C(=O)CCn3c(CO)nc4ccccc43)C2)c1. The third-order valence-electron chi connectivity index (χ3n) is 5.71. The van der Waals surface area contributed by atoms with Crippen molar-refractivity contribution in [3.8, 4) is 0 Å². The minimum absolute atomic E-state index is 0.123. The molecule has 0 spiro atoms. The summed E-state index contributed by atoms with van der Waals surface area (Å²) in [6.45, 7) is 4.16. The molecule has 1 aliphatic heterocycles. The number of aryl methyl sites for hydroxylation is 2. The number of aromatic nitrogens is 2. The highest BCUT2D eigenvalue weighted by Gasteiger charge is 2.25. The molecule has 5 nitrogen and oxygen atoms in total. The summed E-state index contributed by atoms with van der Waals surface area (Å²) in [7, 11) is 0. The number of hydrogen-bond acceptors (Lipinski definition) is 3. The quantitative estimate of drug-likeness (QED) is 0.739. The van der Waals surface area contributed by atoms with Crippen LogP contribution in [-0.2, 0) is 17.9 Å². The zero-order valence-electron chi connectivity index (χ0n) is 16.3. The van der Waals surface area contributed by atoms with Gasteiger partial charge in [0, 0.05) is 32.0 Å². The van der Waals surface area contributed by atoms with Gasteiger partial charge in [-0.1, -0.05) is 42.0 Å². The lowest BCUT2D eigenvalue weighted by atomic mass is 9.89. The van der Waals surface area contributed by atoms with E-state index in [1.165, 1.54) is 11.1 Å². The predicted octanol–water partition coefficient (Wildman–Crippen LogP) is 3.63. The Labute approximate surface area is 165 Å². The molecule has 1 saturated heterocycles. The van der Waals surface area contributed by atoms with Crippen LogP contribution >= 0.6 is 0 Å². The minimum atomic E-state index is -0.123. The first-order valence-electron chi connectivity index (χ1n) is 10.0. The predicted molar refractivity (Wildman–Crippen MR) is 110 cm³/mol. The Balaban J connectivity index is 1.44. The number of imidazole rings is 1. The van der Waals surface area contributed by atoms with Gasteiger partial charge in [-0.05, 0) is 37.5 Å². The summed E-state index contributed by atoms with van der Waals surface area (Å²) < 4.78 is 1.97. The van der Waals surface area contributed by atoms with Gasteiger partial charge in [-0.3, -0.25) is 4.79 Å². The highest BCUT2D eigenvalue weighted by atomic mass is 16.3. The van der Waals surface area contributed by atoms with E-state index in [1.54, 1.807) is 0 Å². The average molecular weight is 377 g/mol. The molecule has 0 aliphatic carbocycles. The fourth-order valence-electron chi connectivity index (χ4n) is 4.26. The molecule has 2 aromatic carbocycles. The lowest BCUT2D eigenvalue weighted by Crippen LogP contribution is -2.39. The number of carbonyl (C=O) groups excluding carboxylic acids is 1. The minimum Gasteiger partial charge on any atom is -0.388 e. The molecule has 1 amide bonds. The van der Waals surface area contributed by atoms with Crippen LogP contribution in [0.25, 0.3) is 11.0 Å². The first-order chi connectivity index (χ1) is 13.7. The smallest absolute Gasteiger partial charge is 0.224 e. The highest BCUT2D eigenvalue weighted by Crippen LogP contribution is 2.28. The molecule has 1 aliphatic rings. The lowest BCUT2D eigenvalue weighted by Gasteiger charge is -2.33. The molecule has 2 heterocycles. The maximum atomic E-state index is 12.9. The number of carbonyl (C=O) groups is 1. The van der Waals surface area contributed by atoms with Crippen LogP contribution in [0, 0.1) is 6.92 Å². The normalized spacial score (nSPS) is 17.2. The second-order valence-corrected chi connectivity index (χ2v) is 7.67. The fraction of sp³-hybridized carbons (Fsp3) is 0.391. The van der Waals surface area contributed by atoms with E-state index in [-0.39, 0.29) is 12.5 Å². The van der Waals surface area contributed by atoms with Crippen LogP contribution < -0.4 is 0 Å². The Morgan fingerprint density at radius 2 is 2.07 bits per heavy atom. The van der Waals surface area contributed by atoms with Crippen molar-refractivity contribution >= 4 is 16.9 Å². The van der Waals surface area contributed by atoms with E-state index in [0.29, 0.717) is 24.7 Å². The number of para-hydroxylation sites is 2. The lowest BCUT2D eigenvalue weighted by molar-refractivity contribution is -0.132. The van der Waals surface area contributed by atoms with Crippen LogP contribution in [0.3, 0.4) is 0 Å². The molecule has 0 bridgehead atoms. The number of piperidine rings is 1. The number of aliphatic hydroxyl groups is 1. The second kappa shape index (κ2) is 8.15. The van der Waals surface area contributed by atoms with Crippen LogP contribution in [0.15, 0.2) is 48.5 Å². The Morgan fingerprint density at radius 1 is 1.21 bits per heavy atom. The van der Waals surface area contributed by atoms with Crippen LogP contribution in [0.4, 0.5) is 0 Å². The molecular weight excluding hydrogens is 350 g/mol. The molecule has 1 N–H and O–H groups in total. The van der Waals surface area contributed by atoms with Gasteiger partial charge in [-0.2, -0.15) is 0 Å². The number of nitrogens with zero attached hydrogens (tertiary/aromatic N) is 3. The topological polar surface area (TPSA) is 58.4 Å². The highest BCUT2D eigenvalue weighted by molar-refractivity contribution is 5.78. The zero-order chi connectivity index (χ0) is 19.5. The fourth-order valence-corrected chi connectivity index (χ4v) is 4.26. The third-order valence-corrected chi connectivity index (χ3v) is 5.71. The summed E-state index contributed by atoms with van der Waals surface area (Å²) in [5, 5.41) is 9.64. The number of hydrogen-bond donors (Lipinski definition) is 1. The number of aliphatic hydroxyl groups excluding tert-OH is 1. The number of fused-ring (bicyclic) bond motifs is 1. The first kappa shape index (κ1) is 18.7. The number of amides is 1. The van der Waals surface area contributed by atoms with Crippen molar-refractivity contribution in [2.45, 2.75) is 45.3 Å². The Bertz CT molecular complexity index is 979. The Morgan fingerprint density at radius 3 is 2.89 bits per heavy atom. The van der Waals surface area contributed by atoms with Gasteiger partial charge in [0.2, 0.25) is 5.91 Å². The van der Waals surface area contributed by atoms with Gasteiger partial charge in [0.1, 0.15) is 12.4 Å². The van der Waals surface area contributed by atoms with E-state index in [2.05, 4.69) is 36.2 Å². The van der Waals surface area contributed by atoms with Gasteiger partial charge in [0.05, 0.1) is 11.0 Å². The molecule has 28 heavy (non-hydrogen) atoms. The molecule has 1 unspecified atom stereocenters. The Hall–Kier alpha value is -2.66. The molecule has 1 atom stereocenters. The number of rotatable bonds is 5. The van der Waals surface area contributed by atoms with Crippen molar-refractivity contribution in [2.75, 3.05) is 13.1 Å². The molecule has 0 saturated carbocycles. The van der Waals surface area contributed by atoms with E-state index in [9.17, 15) is 9.90 Å². The van der Waals surface area contributed by atoms with Crippen molar-refractivity contribution in [2.24, 2.45) is 0 Å². The van der Waals surface area contributed by atoms with Crippen molar-refractivity contribution in [1.82, 2.24) is 14.5 Å². The van der Waals surface area contributed by atoms with E-state index in [1.807, 2.05) is 33.7 Å². The summed E-state index contributed by atoms with van der Waals surface area (Å²) in [5.74, 6) is 1.21. The monoisotopic (exact) mass is 377 g/mol. The van der Waals surface area contributed by atoms with Crippen molar-refractivity contribution < 1.29 is 9.90 Å². The van der Waals surface area contributed by atoms with Crippen molar-refractivity contribution in [3.05, 3.63) is 65.5 Å². The summed E-state index contributed by atoms with van der Waals surface area (Å²) in [6, 6.07) is 16.5. The average Bonchev–Trinajstić information content (AvgIpc) is 3.10. The number of likely N-dealkylation sites (tertiary alicyclic amines) is 1. The van der Waals surface area contributed by atoms with Gasteiger partial charge in [-0.25, -0.2) is 4.98 Å². The molecule has 4 rings (SSSR count). The van der Waals surface area contributed by atoms with Crippen molar-refractivity contribution in [3.63, 3.8) is 0 Å². The number of benzene rings is 2. The maximum Gasteiger partial charge on any atom is 0.224 e. The van der Waals surface area contributed by atoms with E-state index in [0.717, 1.165) is 37.0 Å². The molecule has 0 radical (unpaired) electrons.